The van der Waals surface area contributed by atoms with Crippen molar-refractivity contribution in [3.8, 4) is 0 Å². The molecule has 0 unspecified atom stereocenters. The van der Waals surface area contributed by atoms with E-state index in [2.05, 4.69) is 39.5 Å². The summed E-state index contributed by atoms with van der Waals surface area (Å²) in [5.41, 5.74) is 3.71. The van der Waals surface area contributed by atoms with E-state index in [4.69, 9.17) is 4.42 Å². The van der Waals surface area contributed by atoms with Gasteiger partial charge in [-0.3, -0.25) is 14.7 Å². The van der Waals surface area contributed by atoms with Crippen LogP contribution in [0.4, 0.5) is 0 Å². The number of fused-ring (bicyclic) bond motifs is 1. The summed E-state index contributed by atoms with van der Waals surface area (Å²) < 4.78 is 5.53. The first-order valence-corrected chi connectivity index (χ1v) is 8.71. The van der Waals surface area contributed by atoms with E-state index in [1.165, 1.54) is 31.5 Å². The fourth-order valence-corrected chi connectivity index (χ4v) is 3.21. The Kier molecular flexibility index (Phi) is 4.48. The predicted octanol–water partition coefficient (Wildman–Crippen LogP) is 3.35. The molecule has 0 aliphatic carbocycles. The van der Waals surface area contributed by atoms with Crippen molar-refractivity contribution in [1.82, 2.24) is 15.2 Å². The third kappa shape index (κ3) is 3.72. The number of nitrogens with one attached hydrogen (secondary N) is 1. The second-order valence-electron chi connectivity index (χ2n) is 6.48. The Labute approximate surface area is 146 Å². The van der Waals surface area contributed by atoms with Crippen LogP contribution in [0.25, 0.3) is 11.1 Å². The van der Waals surface area contributed by atoms with Crippen molar-refractivity contribution >= 4 is 17.0 Å². The molecule has 0 radical (unpaired) electrons. The van der Waals surface area contributed by atoms with Crippen LogP contribution < -0.4 is 5.32 Å². The Morgan fingerprint density at radius 2 is 1.88 bits per heavy atom. The van der Waals surface area contributed by atoms with Gasteiger partial charge in [0.2, 0.25) is 0 Å². The van der Waals surface area contributed by atoms with E-state index in [-0.39, 0.29) is 5.91 Å². The maximum atomic E-state index is 12.2. The zero-order chi connectivity index (χ0) is 17.1. The van der Waals surface area contributed by atoms with E-state index < -0.39 is 0 Å². The van der Waals surface area contributed by atoms with Gasteiger partial charge in [-0.2, -0.15) is 0 Å². The van der Waals surface area contributed by atoms with Gasteiger partial charge in [-0.15, -0.1) is 0 Å². The lowest BCUT2D eigenvalue weighted by atomic mass is 10.1. The molecule has 4 rings (SSSR count). The smallest absolute Gasteiger partial charge is 0.287 e. The number of aromatic nitrogens is 1. The number of likely N-dealkylation sites (tertiary alicyclic amines) is 1. The van der Waals surface area contributed by atoms with E-state index in [1.54, 1.807) is 24.4 Å². The number of nitrogens with zero attached hydrogens (tertiary/aromatic N) is 2. The van der Waals surface area contributed by atoms with Crippen molar-refractivity contribution in [2.75, 3.05) is 13.1 Å². The number of pyridine rings is 1. The number of rotatable bonds is 5. The molecule has 3 aromatic rings. The van der Waals surface area contributed by atoms with Crippen molar-refractivity contribution in [2.24, 2.45) is 0 Å². The third-order valence-corrected chi connectivity index (χ3v) is 4.59. The minimum atomic E-state index is -0.223. The standard InChI is InChI=1S/C20H21N3O2/c24-20(19-12-17-18(25-19)4-3-9-21-17)22-13-15-5-7-16(8-6-15)14-23-10-1-2-11-23/h3-9,12H,1-2,10-11,13-14H2,(H,22,24). The van der Waals surface area contributed by atoms with Crippen LogP contribution in [-0.4, -0.2) is 28.9 Å². The van der Waals surface area contributed by atoms with E-state index in [0.717, 1.165) is 12.1 Å². The van der Waals surface area contributed by atoms with Gasteiger partial charge in [-0.05, 0) is 49.2 Å². The first-order valence-electron chi connectivity index (χ1n) is 8.71. The molecule has 128 valence electrons. The van der Waals surface area contributed by atoms with Gasteiger partial charge in [0, 0.05) is 25.4 Å². The summed E-state index contributed by atoms with van der Waals surface area (Å²) in [7, 11) is 0. The van der Waals surface area contributed by atoms with Gasteiger partial charge in [-0.25, -0.2) is 0 Å². The second-order valence-corrected chi connectivity index (χ2v) is 6.48. The van der Waals surface area contributed by atoms with E-state index in [1.807, 2.05) is 0 Å². The monoisotopic (exact) mass is 335 g/mol. The molecule has 0 atom stereocenters. The Hall–Kier alpha value is -2.66. The largest absolute Gasteiger partial charge is 0.449 e. The Balaban J connectivity index is 1.34. The van der Waals surface area contributed by atoms with Crippen LogP contribution in [0.5, 0.6) is 0 Å². The molecule has 2 aromatic heterocycles. The fraction of sp³-hybridized carbons (Fsp3) is 0.300. The van der Waals surface area contributed by atoms with Gasteiger partial charge in [0.25, 0.3) is 5.91 Å². The summed E-state index contributed by atoms with van der Waals surface area (Å²) in [5.74, 6) is 0.0681. The summed E-state index contributed by atoms with van der Waals surface area (Å²) in [4.78, 5) is 18.9. The van der Waals surface area contributed by atoms with Crippen molar-refractivity contribution in [2.45, 2.75) is 25.9 Å². The molecular formula is C20H21N3O2. The molecule has 5 nitrogen and oxygen atoms in total. The molecule has 1 N–H and O–H groups in total. The number of hydrogen-bond donors (Lipinski definition) is 1. The van der Waals surface area contributed by atoms with Crippen LogP contribution in [0.15, 0.2) is 53.1 Å². The molecule has 0 spiro atoms. The van der Waals surface area contributed by atoms with Gasteiger partial charge >= 0.3 is 0 Å². The summed E-state index contributed by atoms with van der Waals surface area (Å²) >= 11 is 0. The zero-order valence-electron chi connectivity index (χ0n) is 14.1. The summed E-state index contributed by atoms with van der Waals surface area (Å²) in [6.45, 7) is 3.89. The Morgan fingerprint density at radius 1 is 1.12 bits per heavy atom. The number of hydrogen-bond acceptors (Lipinski definition) is 4. The molecule has 5 heteroatoms. The average molecular weight is 335 g/mol. The quantitative estimate of drug-likeness (QED) is 0.777. The molecule has 25 heavy (non-hydrogen) atoms. The lowest BCUT2D eigenvalue weighted by Crippen LogP contribution is -2.22. The minimum Gasteiger partial charge on any atom is -0.449 e. The Morgan fingerprint density at radius 3 is 2.64 bits per heavy atom. The highest BCUT2D eigenvalue weighted by atomic mass is 16.3. The van der Waals surface area contributed by atoms with Gasteiger partial charge in [0.1, 0.15) is 5.52 Å². The van der Waals surface area contributed by atoms with E-state index >= 15 is 0 Å². The Bertz CT molecular complexity index is 831. The first-order chi connectivity index (χ1) is 12.3. The van der Waals surface area contributed by atoms with Crippen LogP contribution in [-0.2, 0) is 13.1 Å². The lowest BCUT2D eigenvalue weighted by Gasteiger charge is -2.14. The molecule has 1 aromatic carbocycles. The third-order valence-electron chi connectivity index (χ3n) is 4.59. The van der Waals surface area contributed by atoms with Crippen LogP contribution in [0.1, 0.15) is 34.5 Å². The topological polar surface area (TPSA) is 58.4 Å². The lowest BCUT2D eigenvalue weighted by molar-refractivity contribution is 0.0925. The van der Waals surface area contributed by atoms with Crippen LogP contribution in [0, 0.1) is 0 Å². The molecule has 1 fully saturated rings. The van der Waals surface area contributed by atoms with E-state index in [9.17, 15) is 4.79 Å². The molecule has 3 heterocycles. The number of carbonyl (C=O) groups is 1. The van der Waals surface area contributed by atoms with Crippen LogP contribution >= 0.6 is 0 Å². The van der Waals surface area contributed by atoms with Crippen molar-refractivity contribution in [3.63, 3.8) is 0 Å². The zero-order valence-corrected chi connectivity index (χ0v) is 14.1. The number of benzene rings is 1. The van der Waals surface area contributed by atoms with E-state index in [0.29, 0.717) is 23.4 Å². The highest BCUT2D eigenvalue weighted by Gasteiger charge is 2.13. The van der Waals surface area contributed by atoms with Gasteiger partial charge in [0.15, 0.2) is 11.3 Å². The molecular weight excluding hydrogens is 314 g/mol. The highest BCUT2D eigenvalue weighted by molar-refractivity contribution is 5.95. The van der Waals surface area contributed by atoms with Gasteiger partial charge < -0.3 is 9.73 Å². The molecule has 0 saturated carbocycles. The summed E-state index contributed by atoms with van der Waals surface area (Å²) in [6, 6.07) is 13.7. The van der Waals surface area contributed by atoms with Crippen molar-refractivity contribution in [1.29, 1.82) is 0 Å². The number of carbonyl (C=O) groups excluding carboxylic acids is 1. The highest BCUT2D eigenvalue weighted by Crippen LogP contribution is 2.17. The molecule has 1 aliphatic heterocycles. The molecule has 1 aliphatic rings. The van der Waals surface area contributed by atoms with Crippen molar-refractivity contribution in [3.05, 3.63) is 65.5 Å². The number of amides is 1. The van der Waals surface area contributed by atoms with Gasteiger partial charge in [0.05, 0.1) is 0 Å². The first kappa shape index (κ1) is 15.8. The molecule has 1 saturated heterocycles. The second kappa shape index (κ2) is 7.07. The SMILES string of the molecule is O=C(NCc1ccc(CN2CCCC2)cc1)c1cc2ncccc2o1. The van der Waals surface area contributed by atoms with Crippen LogP contribution in [0.3, 0.4) is 0 Å². The minimum absolute atomic E-state index is 0.223. The van der Waals surface area contributed by atoms with Gasteiger partial charge in [-0.1, -0.05) is 24.3 Å². The molecule has 1 amide bonds. The van der Waals surface area contributed by atoms with Crippen molar-refractivity contribution < 1.29 is 9.21 Å². The summed E-state index contributed by atoms with van der Waals surface area (Å²) in [6.07, 6.45) is 4.30. The fourth-order valence-electron chi connectivity index (χ4n) is 3.21. The normalized spacial score (nSPS) is 14.9. The van der Waals surface area contributed by atoms with Crippen LogP contribution in [0.2, 0.25) is 0 Å². The maximum absolute atomic E-state index is 12.2. The summed E-state index contributed by atoms with van der Waals surface area (Å²) in [5, 5.41) is 2.90. The predicted molar refractivity (Wildman–Crippen MR) is 96.1 cm³/mol. The molecule has 0 bridgehead atoms. The number of furan rings is 1. The average Bonchev–Trinajstić information content (AvgIpc) is 3.30. The maximum Gasteiger partial charge on any atom is 0.287 e.